The third-order valence-electron chi connectivity index (χ3n) is 2.60. The van der Waals surface area contributed by atoms with E-state index in [0.717, 1.165) is 12.8 Å². The van der Waals surface area contributed by atoms with Crippen molar-refractivity contribution in [1.29, 1.82) is 0 Å². The second kappa shape index (κ2) is 4.58. The summed E-state index contributed by atoms with van der Waals surface area (Å²) in [4.78, 5) is 13.4. The number of amides is 1. The molecule has 1 heterocycles. The summed E-state index contributed by atoms with van der Waals surface area (Å²) in [5.41, 5.74) is 11.2. The molecule has 1 aliphatic heterocycles. The predicted molar refractivity (Wildman–Crippen MR) is 52.1 cm³/mol. The average Bonchev–Trinajstić information content (AvgIpc) is 2.41. The number of likely N-dealkylation sites (tertiary alicyclic amines) is 1. The number of rotatable bonds is 4. The minimum atomic E-state index is 0.0272. The zero-order valence-electron chi connectivity index (χ0n) is 8.20. The summed E-state index contributed by atoms with van der Waals surface area (Å²) in [6.45, 7) is 3.42. The van der Waals surface area contributed by atoms with E-state index in [1.807, 2.05) is 4.90 Å². The van der Waals surface area contributed by atoms with Gasteiger partial charge in [0.25, 0.3) is 0 Å². The lowest BCUT2D eigenvalue weighted by Gasteiger charge is -2.26. The van der Waals surface area contributed by atoms with Crippen molar-refractivity contribution >= 4 is 5.91 Å². The highest BCUT2D eigenvalue weighted by Crippen LogP contribution is 2.16. The van der Waals surface area contributed by atoms with Gasteiger partial charge in [0, 0.05) is 25.0 Å². The van der Waals surface area contributed by atoms with Gasteiger partial charge in [-0.3, -0.25) is 4.79 Å². The number of nitrogens with two attached hydrogens (primary N) is 2. The molecule has 0 aromatic rings. The number of hydrogen-bond acceptors (Lipinski definition) is 3. The zero-order valence-corrected chi connectivity index (χ0v) is 8.20. The first-order valence-electron chi connectivity index (χ1n) is 4.94. The molecule has 0 spiro atoms. The molecule has 1 amide bonds. The van der Waals surface area contributed by atoms with Crippen LogP contribution in [0.2, 0.25) is 0 Å². The normalized spacial score (nSPS) is 25.3. The van der Waals surface area contributed by atoms with Crippen LogP contribution in [0.1, 0.15) is 26.2 Å². The van der Waals surface area contributed by atoms with Gasteiger partial charge >= 0.3 is 0 Å². The van der Waals surface area contributed by atoms with Crippen molar-refractivity contribution in [2.75, 3.05) is 13.1 Å². The van der Waals surface area contributed by atoms with Gasteiger partial charge in [0.15, 0.2) is 0 Å². The molecule has 1 rings (SSSR count). The Morgan fingerprint density at radius 1 is 1.69 bits per heavy atom. The Bertz CT molecular complexity index is 184. The summed E-state index contributed by atoms with van der Waals surface area (Å²) in [5, 5.41) is 0. The Labute approximate surface area is 79.3 Å². The Hall–Kier alpha value is -0.610. The molecule has 2 atom stereocenters. The second-order valence-corrected chi connectivity index (χ2v) is 3.65. The number of hydrogen-bond donors (Lipinski definition) is 2. The van der Waals surface area contributed by atoms with Gasteiger partial charge < -0.3 is 16.4 Å². The van der Waals surface area contributed by atoms with E-state index in [1.165, 1.54) is 0 Å². The molecule has 1 aliphatic rings. The van der Waals surface area contributed by atoms with Crippen molar-refractivity contribution in [2.45, 2.75) is 38.3 Å². The molecule has 0 bridgehead atoms. The van der Waals surface area contributed by atoms with E-state index in [0.29, 0.717) is 25.6 Å². The summed E-state index contributed by atoms with van der Waals surface area (Å²) < 4.78 is 0. The van der Waals surface area contributed by atoms with Gasteiger partial charge in [-0.25, -0.2) is 0 Å². The Morgan fingerprint density at radius 3 is 2.77 bits per heavy atom. The molecule has 13 heavy (non-hydrogen) atoms. The monoisotopic (exact) mass is 185 g/mol. The topological polar surface area (TPSA) is 72.3 Å². The first kappa shape index (κ1) is 10.5. The first-order chi connectivity index (χ1) is 6.19. The number of nitrogens with zero attached hydrogens (tertiary/aromatic N) is 1. The van der Waals surface area contributed by atoms with Crippen molar-refractivity contribution in [3.05, 3.63) is 0 Å². The van der Waals surface area contributed by atoms with E-state index in [2.05, 4.69) is 6.92 Å². The van der Waals surface area contributed by atoms with Gasteiger partial charge in [-0.1, -0.05) is 6.92 Å². The summed E-state index contributed by atoms with van der Waals surface area (Å²) in [6.07, 6.45) is 2.35. The standard InChI is InChI=1S/C9H19N3O/c1-2-8(3-4-10)12-6-7(11)5-9(12)13/h7-8H,2-6,10-11H2,1H3. The minimum absolute atomic E-state index is 0.0272. The summed E-state index contributed by atoms with van der Waals surface area (Å²) in [7, 11) is 0. The highest BCUT2D eigenvalue weighted by Gasteiger charge is 2.30. The third-order valence-corrected chi connectivity index (χ3v) is 2.60. The molecular weight excluding hydrogens is 166 g/mol. The molecule has 0 aliphatic carbocycles. The molecule has 4 nitrogen and oxygen atoms in total. The zero-order chi connectivity index (χ0) is 9.84. The van der Waals surface area contributed by atoms with Gasteiger partial charge in [-0.15, -0.1) is 0 Å². The predicted octanol–water partition coefficient (Wildman–Crippen LogP) is -0.327. The third kappa shape index (κ3) is 2.42. The smallest absolute Gasteiger partial charge is 0.224 e. The number of carbonyl (C=O) groups is 1. The first-order valence-corrected chi connectivity index (χ1v) is 4.94. The van der Waals surface area contributed by atoms with Crippen LogP contribution >= 0.6 is 0 Å². The van der Waals surface area contributed by atoms with Crippen LogP contribution in [0.15, 0.2) is 0 Å². The van der Waals surface area contributed by atoms with Crippen LogP contribution in [0.25, 0.3) is 0 Å². The Kier molecular flexibility index (Phi) is 3.69. The molecule has 0 aromatic heterocycles. The molecule has 1 fully saturated rings. The van der Waals surface area contributed by atoms with Gasteiger partial charge in [0.1, 0.15) is 0 Å². The highest BCUT2D eigenvalue weighted by atomic mass is 16.2. The van der Waals surface area contributed by atoms with E-state index in [9.17, 15) is 4.79 Å². The molecule has 0 aromatic carbocycles. The fourth-order valence-electron chi connectivity index (χ4n) is 1.89. The Morgan fingerprint density at radius 2 is 2.38 bits per heavy atom. The molecule has 4 heteroatoms. The van der Waals surface area contributed by atoms with E-state index < -0.39 is 0 Å². The lowest BCUT2D eigenvalue weighted by Crippen LogP contribution is -2.38. The molecule has 2 unspecified atom stereocenters. The fourth-order valence-corrected chi connectivity index (χ4v) is 1.89. The molecule has 4 N–H and O–H groups in total. The van der Waals surface area contributed by atoms with E-state index in [4.69, 9.17) is 11.5 Å². The lowest BCUT2D eigenvalue weighted by molar-refractivity contribution is -0.129. The van der Waals surface area contributed by atoms with Crippen LogP contribution in [-0.4, -0.2) is 36.0 Å². The van der Waals surface area contributed by atoms with Gasteiger partial charge in [-0.05, 0) is 19.4 Å². The van der Waals surface area contributed by atoms with Crippen LogP contribution in [0, 0.1) is 0 Å². The van der Waals surface area contributed by atoms with Crippen molar-refractivity contribution < 1.29 is 4.79 Å². The lowest BCUT2D eigenvalue weighted by atomic mass is 10.1. The average molecular weight is 185 g/mol. The molecule has 76 valence electrons. The van der Waals surface area contributed by atoms with Crippen LogP contribution in [0.4, 0.5) is 0 Å². The maximum Gasteiger partial charge on any atom is 0.224 e. The maximum absolute atomic E-state index is 11.5. The minimum Gasteiger partial charge on any atom is -0.338 e. The molecule has 1 saturated heterocycles. The van der Waals surface area contributed by atoms with Crippen LogP contribution < -0.4 is 11.5 Å². The second-order valence-electron chi connectivity index (χ2n) is 3.65. The van der Waals surface area contributed by atoms with Crippen molar-refractivity contribution in [3.63, 3.8) is 0 Å². The van der Waals surface area contributed by atoms with E-state index >= 15 is 0 Å². The molecule has 0 radical (unpaired) electrons. The summed E-state index contributed by atoms with van der Waals surface area (Å²) in [6, 6.07) is 0.324. The molecular formula is C9H19N3O. The van der Waals surface area contributed by atoms with Crippen molar-refractivity contribution in [2.24, 2.45) is 11.5 Å². The van der Waals surface area contributed by atoms with E-state index in [1.54, 1.807) is 0 Å². The fraction of sp³-hybridized carbons (Fsp3) is 0.889. The van der Waals surface area contributed by atoms with Crippen molar-refractivity contribution in [1.82, 2.24) is 4.90 Å². The van der Waals surface area contributed by atoms with Gasteiger partial charge in [-0.2, -0.15) is 0 Å². The maximum atomic E-state index is 11.5. The SMILES string of the molecule is CCC(CCN)N1CC(N)CC1=O. The van der Waals surface area contributed by atoms with Crippen LogP contribution in [0.3, 0.4) is 0 Å². The van der Waals surface area contributed by atoms with Crippen molar-refractivity contribution in [3.8, 4) is 0 Å². The highest BCUT2D eigenvalue weighted by molar-refractivity contribution is 5.79. The van der Waals surface area contributed by atoms with Crippen LogP contribution in [0.5, 0.6) is 0 Å². The quantitative estimate of drug-likeness (QED) is 0.630. The van der Waals surface area contributed by atoms with Gasteiger partial charge in [0.05, 0.1) is 0 Å². The van der Waals surface area contributed by atoms with E-state index in [-0.39, 0.29) is 11.9 Å². The summed E-state index contributed by atoms with van der Waals surface area (Å²) >= 11 is 0. The molecule has 0 saturated carbocycles. The van der Waals surface area contributed by atoms with Crippen LogP contribution in [-0.2, 0) is 4.79 Å². The number of carbonyl (C=O) groups excluding carboxylic acids is 1. The largest absolute Gasteiger partial charge is 0.338 e. The van der Waals surface area contributed by atoms with Gasteiger partial charge in [0.2, 0.25) is 5.91 Å². The Balaban J connectivity index is 2.53. The summed E-state index contributed by atoms with van der Waals surface area (Å²) in [5.74, 6) is 0.188.